The maximum atomic E-state index is 13.4. The van der Waals surface area contributed by atoms with E-state index in [1.54, 1.807) is 19.2 Å². The average molecular weight is 451 g/mol. The van der Waals surface area contributed by atoms with E-state index >= 15 is 0 Å². The lowest BCUT2D eigenvalue weighted by Gasteiger charge is -2.16. The number of nitrogens with one attached hydrogen (secondary N) is 4. The zero-order valence-electron chi connectivity index (χ0n) is 18.6. The fourth-order valence-corrected chi connectivity index (χ4v) is 3.30. The molecular formula is C24H27FN6O2. The third kappa shape index (κ3) is 6.49. The maximum absolute atomic E-state index is 13.4. The number of nitrogens with zero attached hydrogens (tertiary/aromatic N) is 2. The minimum Gasteiger partial charge on any atom is -0.465 e. The van der Waals surface area contributed by atoms with E-state index in [-0.39, 0.29) is 18.3 Å². The minimum atomic E-state index is -0.345. The molecule has 1 heterocycles. The molecule has 0 saturated heterocycles. The van der Waals surface area contributed by atoms with Crippen molar-refractivity contribution in [1.29, 1.82) is 5.41 Å². The van der Waals surface area contributed by atoms with Crippen molar-refractivity contribution in [2.45, 2.75) is 26.8 Å². The molecule has 3 aromatic rings. The van der Waals surface area contributed by atoms with Crippen molar-refractivity contribution in [2.75, 3.05) is 29.1 Å². The highest BCUT2D eigenvalue weighted by molar-refractivity contribution is 5.88. The van der Waals surface area contributed by atoms with Gasteiger partial charge in [-0.25, -0.2) is 4.39 Å². The van der Waals surface area contributed by atoms with Crippen LogP contribution >= 0.6 is 0 Å². The summed E-state index contributed by atoms with van der Waals surface area (Å²) in [5, 5.41) is 25.6. The molecule has 0 bridgehead atoms. The van der Waals surface area contributed by atoms with Crippen molar-refractivity contribution in [2.24, 2.45) is 0 Å². The Morgan fingerprint density at radius 1 is 1.15 bits per heavy atom. The van der Waals surface area contributed by atoms with Gasteiger partial charge in [-0.15, -0.1) is 5.10 Å². The summed E-state index contributed by atoms with van der Waals surface area (Å²) in [5.41, 5.74) is 4.53. The summed E-state index contributed by atoms with van der Waals surface area (Å²) < 4.78 is 18.4. The molecule has 0 aliphatic rings. The number of carbonyl (C=O) groups excluding carboxylic acids is 1. The first-order valence-electron chi connectivity index (χ1n) is 10.7. The molecule has 0 amide bonds. The Morgan fingerprint density at radius 2 is 2.00 bits per heavy atom. The van der Waals surface area contributed by atoms with Crippen LogP contribution in [0.15, 0.2) is 48.7 Å². The summed E-state index contributed by atoms with van der Waals surface area (Å²) in [7, 11) is 0. The fraction of sp³-hybridized carbons (Fsp3) is 0.250. The number of rotatable bonds is 11. The van der Waals surface area contributed by atoms with E-state index in [2.05, 4.69) is 26.1 Å². The van der Waals surface area contributed by atoms with Gasteiger partial charge in [0.25, 0.3) is 0 Å². The Kier molecular flexibility index (Phi) is 8.29. The van der Waals surface area contributed by atoms with Gasteiger partial charge in [0.05, 0.1) is 18.5 Å². The fourth-order valence-electron chi connectivity index (χ4n) is 3.30. The van der Waals surface area contributed by atoms with Gasteiger partial charge in [-0.3, -0.25) is 4.79 Å². The summed E-state index contributed by atoms with van der Waals surface area (Å²) in [6.07, 6.45) is 3.49. The number of esters is 1. The summed E-state index contributed by atoms with van der Waals surface area (Å²) in [6.45, 7) is 4.54. The molecular weight excluding hydrogens is 423 g/mol. The van der Waals surface area contributed by atoms with E-state index in [1.807, 2.05) is 31.2 Å². The number of benzene rings is 2. The molecule has 4 N–H and O–H groups in total. The predicted octanol–water partition coefficient (Wildman–Crippen LogP) is 4.51. The predicted molar refractivity (Wildman–Crippen MR) is 128 cm³/mol. The molecule has 0 aliphatic carbocycles. The molecule has 0 fully saturated rings. The first kappa shape index (κ1) is 23.6. The van der Waals surface area contributed by atoms with Crippen LogP contribution in [0.5, 0.6) is 0 Å². The van der Waals surface area contributed by atoms with E-state index in [0.29, 0.717) is 36.6 Å². The molecule has 1 aromatic heterocycles. The lowest BCUT2D eigenvalue weighted by Crippen LogP contribution is -2.18. The second kappa shape index (κ2) is 11.6. The monoisotopic (exact) mass is 450 g/mol. The molecule has 0 atom stereocenters. The molecule has 0 saturated carbocycles. The number of halogens is 1. The Hall–Kier alpha value is -4.01. The van der Waals surface area contributed by atoms with Gasteiger partial charge < -0.3 is 26.1 Å². The van der Waals surface area contributed by atoms with Gasteiger partial charge >= 0.3 is 5.97 Å². The van der Waals surface area contributed by atoms with Crippen LogP contribution in [0.2, 0.25) is 0 Å². The smallest absolute Gasteiger partial charge is 0.325 e. The number of carbonyl (C=O) groups is 1. The van der Waals surface area contributed by atoms with E-state index < -0.39 is 0 Å². The van der Waals surface area contributed by atoms with E-state index in [1.165, 1.54) is 18.3 Å². The minimum absolute atomic E-state index is 0.0373. The number of aromatic nitrogens is 2. The molecule has 9 heteroatoms. The summed E-state index contributed by atoms with van der Waals surface area (Å²) in [4.78, 5) is 11.7. The molecule has 8 nitrogen and oxygen atoms in total. The van der Waals surface area contributed by atoms with Crippen molar-refractivity contribution in [1.82, 2.24) is 10.2 Å². The van der Waals surface area contributed by atoms with Crippen molar-refractivity contribution >= 4 is 35.1 Å². The average Bonchev–Trinajstić information content (AvgIpc) is 2.82. The summed E-state index contributed by atoms with van der Waals surface area (Å²) in [6, 6.07) is 11.9. The van der Waals surface area contributed by atoms with Gasteiger partial charge in [-0.2, -0.15) is 5.10 Å². The van der Waals surface area contributed by atoms with Crippen LogP contribution in [0.1, 0.15) is 30.5 Å². The Bertz CT molecular complexity index is 1120. The van der Waals surface area contributed by atoms with Gasteiger partial charge in [-0.05, 0) is 49.2 Å². The number of hydrogen-bond acceptors (Lipinski definition) is 8. The molecule has 33 heavy (non-hydrogen) atoms. The van der Waals surface area contributed by atoms with Crippen molar-refractivity contribution < 1.29 is 13.9 Å². The second-order valence-electron chi connectivity index (χ2n) is 7.15. The largest absolute Gasteiger partial charge is 0.465 e. The number of hydrogen-bond donors (Lipinski definition) is 4. The van der Waals surface area contributed by atoms with E-state index in [9.17, 15) is 9.18 Å². The Labute approximate surface area is 192 Å². The maximum Gasteiger partial charge on any atom is 0.325 e. The molecule has 0 unspecified atom stereocenters. The molecule has 3 rings (SSSR count). The molecule has 0 radical (unpaired) electrons. The third-order valence-electron chi connectivity index (χ3n) is 4.88. The zero-order chi connectivity index (χ0) is 23.6. The van der Waals surface area contributed by atoms with Crippen LogP contribution in [-0.2, 0) is 22.5 Å². The van der Waals surface area contributed by atoms with Crippen LogP contribution in [-0.4, -0.2) is 35.5 Å². The van der Waals surface area contributed by atoms with Gasteiger partial charge in [0.1, 0.15) is 12.4 Å². The third-order valence-corrected chi connectivity index (χ3v) is 4.88. The standard InChI is InChI=1S/C24H27FN6O2/c1-3-20-22(28-15-23(32)33-4-2)14-29-31-24(20)30-19-8-9-21(17(11-19)12-26)27-13-16-6-5-7-18(25)10-16/h5-12,14,26-27H,3-4,13,15H2,1-2H3,(H2,28,30,31). The highest BCUT2D eigenvalue weighted by atomic mass is 19.1. The van der Waals surface area contributed by atoms with Gasteiger partial charge in [0, 0.05) is 35.3 Å². The molecule has 0 aliphatic heterocycles. The summed E-state index contributed by atoms with van der Waals surface area (Å²) in [5.74, 6) is -0.0708. The lowest BCUT2D eigenvalue weighted by molar-refractivity contribution is -0.140. The van der Waals surface area contributed by atoms with Crippen LogP contribution in [0.25, 0.3) is 0 Å². The molecule has 172 valence electrons. The van der Waals surface area contributed by atoms with E-state index in [0.717, 1.165) is 22.5 Å². The first-order valence-corrected chi connectivity index (χ1v) is 10.7. The summed E-state index contributed by atoms with van der Waals surface area (Å²) >= 11 is 0. The van der Waals surface area contributed by atoms with Crippen molar-refractivity contribution in [3.05, 3.63) is 71.2 Å². The highest BCUT2D eigenvalue weighted by Gasteiger charge is 2.12. The van der Waals surface area contributed by atoms with Crippen molar-refractivity contribution in [3.63, 3.8) is 0 Å². The number of ether oxygens (including phenoxy) is 1. The lowest BCUT2D eigenvalue weighted by atomic mass is 10.1. The zero-order valence-corrected chi connectivity index (χ0v) is 18.6. The Morgan fingerprint density at radius 3 is 2.73 bits per heavy atom. The van der Waals surface area contributed by atoms with Crippen LogP contribution in [0.3, 0.4) is 0 Å². The highest BCUT2D eigenvalue weighted by Crippen LogP contribution is 2.27. The SMILES string of the molecule is CCOC(=O)CNc1cnnc(Nc2ccc(NCc3cccc(F)c3)c(C=N)c2)c1CC. The quantitative estimate of drug-likeness (QED) is 0.251. The van der Waals surface area contributed by atoms with Crippen LogP contribution < -0.4 is 16.0 Å². The Balaban J connectivity index is 1.74. The van der Waals surface area contributed by atoms with Crippen LogP contribution in [0, 0.1) is 11.2 Å². The van der Waals surface area contributed by atoms with Gasteiger partial charge in [0.15, 0.2) is 5.82 Å². The molecule has 0 spiro atoms. The number of anilines is 4. The van der Waals surface area contributed by atoms with Gasteiger partial charge in [0.2, 0.25) is 0 Å². The normalized spacial score (nSPS) is 10.4. The van der Waals surface area contributed by atoms with E-state index in [4.69, 9.17) is 10.1 Å². The van der Waals surface area contributed by atoms with Crippen LogP contribution in [0.4, 0.5) is 27.3 Å². The van der Waals surface area contributed by atoms with Crippen molar-refractivity contribution in [3.8, 4) is 0 Å². The topological polar surface area (TPSA) is 112 Å². The molecule has 2 aromatic carbocycles. The second-order valence-corrected chi connectivity index (χ2v) is 7.15. The first-order chi connectivity index (χ1) is 16.0. The van der Waals surface area contributed by atoms with Gasteiger partial charge in [-0.1, -0.05) is 19.1 Å².